The van der Waals surface area contributed by atoms with Gasteiger partial charge in [0.05, 0.1) is 5.02 Å². The van der Waals surface area contributed by atoms with Crippen LogP contribution in [0.4, 0.5) is 5.95 Å². The van der Waals surface area contributed by atoms with Gasteiger partial charge in [0.2, 0.25) is 5.95 Å². The SMILES string of the molecule is CCc1cc2c(Sc3ncccc3Cl)nc(NN)nc2s1. The summed E-state index contributed by atoms with van der Waals surface area (Å²) in [5, 5.41) is 3.11. The van der Waals surface area contributed by atoms with Crippen LogP contribution in [0.25, 0.3) is 10.2 Å². The number of anilines is 1. The molecule has 0 unspecified atom stereocenters. The van der Waals surface area contributed by atoms with E-state index < -0.39 is 0 Å². The molecule has 0 aliphatic heterocycles. The first-order valence-electron chi connectivity index (χ1n) is 6.26. The van der Waals surface area contributed by atoms with E-state index >= 15 is 0 Å². The van der Waals surface area contributed by atoms with Crippen molar-refractivity contribution in [2.75, 3.05) is 5.43 Å². The second kappa shape index (κ2) is 6.15. The van der Waals surface area contributed by atoms with Crippen molar-refractivity contribution in [2.45, 2.75) is 23.4 Å². The molecular formula is C13H12ClN5S2. The fourth-order valence-electron chi connectivity index (χ4n) is 1.80. The van der Waals surface area contributed by atoms with E-state index in [1.54, 1.807) is 23.6 Å². The molecule has 0 aromatic carbocycles. The van der Waals surface area contributed by atoms with Crippen molar-refractivity contribution in [2.24, 2.45) is 5.84 Å². The summed E-state index contributed by atoms with van der Waals surface area (Å²) in [5.74, 6) is 5.84. The first-order chi connectivity index (χ1) is 10.2. The Bertz CT molecular complexity index is 789. The van der Waals surface area contributed by atoms with Gasteiger partial charge in [-0.25, -0.2) is 20.8 Å². The summed E-state index contributed by atoms with van der Waals surface area (Å²) in [6.07, 6.45) is 2.67. The number of rotatable bonds is 4. The largest absolute Gasteiger partial charge is 0.292 e. The Labute approximate surface area is 134 Å². The molecule has 0 fully saturated rings. The first kappa shape index (κ1) is 14.5. The second-order valence-electron chi connectivity index (χ2n) is 4.17. The molecule has 0 aliphatic carbocycles. The Morgan fingerprint density at radius 2 is 2.24 bits per heavy atom. The molecule has 3 aromatic rings. The van der Waals surface area contributed by atoms with E-state index in [0.717, 1.165) is 21.7 Å². The number of halogens is 1. The fourth-order valence-corrected chi connectivity index (χ4v) is 3.93. The molecule has 3 N–H and O–H groups in total. The summed E-state index contributed by atoms with van der Waals surface area (Å²) in [7, 11) is 0. The zero-order valence-electron chi connectivity index (χ0n) is 11.1. The molecule has 0 radical (unpaired) electrons. The number of hydrogen-bond donors (Lipinski definition) is 2. The maximum Gasteiger partial charge on any atom is 0.239 e. The molecule has 0 saturated heterocycles. The molecule has 0 saturated carbocycles. The van der Waals surface area contributed by atoms with E-state index in [1.807, 2.05) is 6.07 Å². The van der Waals surface area contributed by atoms with Crippen LogP contribution in [0, 0.1) is 0 Å². The highest BCUT2D eigenvalue weighted by molar-refractivity contribution is 7.99. The first-order valence-corrected chi connectivity index (χ1v) is 8.27. The monoisotopic (exact) mass is 337 g/mol. The number of nitrogens with zero attached hydrogens (tertiary/aromatic N) is 3. The predicted molar refractivity (Wildman–Crippen MR) is 88.0 cm³/mol. The zero-order valence-corrected chi connectivity index (χ0v) is 13.5. The molecule has 0 amide bonds. The molecule has 0 atom stereocenters. The lowest BCUT2D eigenvalue weighted by Gasteiger charge is -2.05. The third kappa shape index (κ3) is 2.96. The third-order valence-corrected chi connectivity index (χ3v) is 5.42. The lowest BCUT2D eigenvalue weighted by molar-refractivity contribution is 1.06. The van der Waals surface area contributed by atoms with Crippen LogP contribution in [0.15, 0.2) is 34.4 Å². The summed E-state index contributed by atoms with van der Waals surface area (Å²) in [6.45, 7) is 2.11. The van der Waals surface area contributed by atoms with Crippen LogP contribution in [0.1, 0.15) is 11.8 Å². The van der Waals surface area contributed by atoms with E-state index in [0.29, 0.717) is 16.0 Å². The van der Waals surface area contributed by atoms with E-state index in [4.69, 9.17) is 17.4 Å². The second-order valence-corrected chi connectivity index (χ2v) is 6.67. The van der Waals surface area contributed by atoms with Crippen LogP contribution in [0.5, 0.6) is 0 Å². The van der Waals surface area contributed by atoms with Crippen LogP contribution < -0.4 is 11.3 Å². The van der Waals surface area contributed by atoms with Crippen LogP contribution in [0.3, 0.4) is 0 Å². The van der Waals surface area contributed by atoms with Crippen molar-refractivity contribution < 1.29 is 0 Å². The zero-order chi connectivity index (χ0) is 14.8. The number of hydrazine groups is 1. The van der Waals surface area contributed by atoms with E-state index in [2.05, 4.69) is 33.4 Å². The molecule has 3 rings (SSSR count). The number of pyridine rings is 1. The number of nitrogens with two attached hydrogens (primary N) is 1. The highest BCUT2D eigenvalue weighted by atomic mass is 35.5. The normalized spacial score (nSPS) is 11.0. The van der Waals surface area contributed by atoms with Gasteiger partial charge >= 0.3 is 0 Å². The van der Waals surface area contributed by atoms with E-state index in [-0.39, 0.29) is 0 Å². The molecule has 0 spiro atoms. The van der Waals surface area contributed by atoms with Crippen molar-refractivity contribution in [3.63, 3.8) is 0 Å². The van der Waals surface area contributed by atoms with Crippen molar-refractivity contribution in [1.29, 1.82) is 0 Å². The van der Waals surface area contributed by atoms with Gasteiger partial charge in [-0.1, -0.05) is 18.5 Å². The number of nitrogens with one attached hydrogen (secondary N) is 1. The number of aromatic nitrogens is 3. The smallest absolute Gasteiger partial charge is 0.239 e. The van der Waals surface area contributed by atoms with Crippen molar-refractivity contribution in [1.82, 2.24) is 15.0 Å². The van der Waals surface area contributed by atoms with Crippen molar-refractivity contribution in [3.05, 3.63) is 34.3 Å². The number of hydrogen-bond acceptors (Lipinski definition) is 7. The quantitative estimate of drug-likeness (QED) is 0.429. The van der Waals surface area contributed by atoms with Gasteiger partial charge in [0.25, 0.3) is 0 Å². The molecule has 5 nitrogen and oxygen atoms in total. The van der Waals surface area contributed by atoms with Gasteiger partial charge in [-0.15, -0.1) is 11.3 Å². The van der Waals surface area contributed by atoms with Crippen LogP contribution >= 0.6 is 34.7 Å². The van der Waals surface area contributed by atoms with E-state index in [9.17, 15) is 0 Å². The number of aryl methyl sites for hydroxylation is 1. The van der Waals surface area contributed by atoms with Gasteiger partial charge in [-0.3, -0.25) is 5.43 Å². The van der Waals surface area contributed by atoms with Crippen molar-refractivity contribution >= 4 is 50.9 Å². The Morgan fingerprint density at radius 3 is 2.95 bits per heavy atom. The summed E-state index contributed by atoms with van der Waals surface area (Å²) in [5.41, 5.74) is 2.50. The van der Waals surface area contributed by atoms with Gasteiger partial charge < -0.3 is 0 Å². The minimum Gasteiger partial charge on any atom is -0.292 e. The van der Waals surface area contributed by atoms with Crippen LogP contribution in [0.2, 0.25) is 5.02 Å². The average Bonchev–Trinajstić information content (AvgIpc) is 2.92. The maximum atomic E-state index is 6.17. The maximum absolute atomic E-state index is 6.17. The standard InChI is InChI=1S/C13H12ClN5S2/c1-2-7-6-8-10(20-7)17-13(19-15)18-11(8)21-12-9(14)4-3-5-16-12/h3-6H,2,15H2,1H3,(H,17,18,19). The summed E-state index contributed by atoms with van der Waals surface area (Å²) >= 11 is 9.22. The summed E-state index contributed by atoms with van der Waals surface area (Å²) in [4.78, 5) is 15.3. The summed E-state index contributed by atoms with van der Waals surface area (Å²) in [6, 6.07) is 5.72. The lowest BCUT2D eigenvalue weighted by Crippen LogP contribution is -2.10. The molecular weight excluding hydrogens is 326 g/mol. The minimum atomic E-state index is 0.390. The average molecular weight is 338 g/mol. The molecule has 21 heavy (non-hydrogen) atoms. The minimum absolute atomic E-state index is 0.390. The molecule has 8 heteroatoms. The number of thiophene rings is 1. The van der Waals surface area contributed by atoms with Gasteiger partial charge in [0.15, 0.2) is 0 Å². The Hall–Kier alpha value is -1.41. The molecule has 108 valence electrons. The van der Waals surface area contributed by atoms with Gasteiger partial charge in [-0.2, -0.15) is 0 Å². The predicted octanol–water partition coefficient (Wildman–Crippen LogP) is 3.74. The molecule has 0 bridgehead atoms. The molecule has 3 aromatic heterocycles. The Balaban J connectivity index is 2.11. The Kier molecular flexibility index (Phi) is 4.25. The van der Waals surface area contributed by atoms with Crippen LogP contribution in [-0.4, -0.2) is 15.0 Å². The Morgan fingerprint density at radius 1 is 1.38 bits per heavy atom. The molecule has 3 heterocycles. The van der Waals surface area contributed by atoms with Gasteiger partial charge in [0, 0.05) is 16.5 Å². The lowest BCUT2D eigenvalue weighted by atomic mass is 10.3. The number of fused-ring (bicyclic) bond motifs is 1. The summed E-state index contributed by atoms with van der Waals surface area (Å²) < 4.78 is 0. The number of nitrogen functional groups attached to an aromatic ring is 1. The fraction of sp³-hybridized carbons (Fsp3) is 0.154. The van der Waals surface area contributed by atoms with Gasteiger partial charge in [0.1, 0.15) is 14.9 Å². The van der Waals surface area contributed by atoms with Gasteiger partial charge in [-0.05, 0) is 36.4 Å². The topological polar surface area (TPSA) is 76.7 Å². The van der Waals surface area contributed by atoms with E-state index in [1.165, 1.54) is 16.6 Å². The van der Waals surface area contributed by atoms with Crippen molar-refractivity contribution in [3.8, 4) is 0 Å². The molecule has 0 aliphatic rings. The van der Waals surface area contributed by atoms with Crippen LogP contribution in [-0.2, 0) is 6.42 Å². The highest BCUT2D eigenvalue weighted by Gasteiger charge is 2.14. The third-order valence-electron chi connectivity index (χ3n) is 2.80. The highest BCUT2D eigenvalue weighted by Crippen LogP contribution is 2.37.